The van der Waals surface area contributed by atoms with Gasteiger partial charge in [0.1, 0.15) is 19.3 Å². The van der Waals surface area contributed by atoms with E-state index in [4.69, 9.17) is 17.3 Å². The highest BCUT2D eigenvalue weighted by Gasteiger charge is 2.13. The molecule has 174 valence electrons. The Morgan fingerprint density at radius 2 is 0.833 bits per heavy atom. The van der Waals surface area contributed by atoms with Crippen molar-refractivity contribution in [2.24, 2.45) is 0 Å². The molecule has 0 aliphatic carbocycles. The maximum absolute atomic E-state index is 5.85. The molecule has 0 aliphatic heterocycles. The van der Waals surface area contributed by atoms with Crippen molar-refractivity contribution in [2.75, 3.05) is 14.2 Å². The van der Waals surface area contributed by atoms with Crippen LogP contribution in [0, 0.1) is 6.92 Å². The van der Waals surface area contributed by atoms with Gasteiger partial charge >= 0.3 is 0 Å². The third-order valence-corrected chi connectivity index (χ3v) is 6.53. The van der Waals surface area contributed by atoms with E-state index in [0.717, 1.165) is 55.9 Å². The second kappa shape index (κ2) is 10.2. The number of methoxy groups -OCH3 is 2. The fourth-order valence-electron chi connectivity index (χ4n) is 4.48. The van der Waals surface area contributed by atoms with Crippen LogP contribution < -0.4 is 14.9 Å². The lowest BCUT2D eigenvalue weighted by Gasteiger charge is -2.15. The van der Waals surface area contributed by atoms with E-state index in [0.29, 0.717) is 0 Å². The van der Waals surface area contributed by atoms with Crippen LogP contribution in [-0.2, 0) is 0 Å². The monoisotopic (exact) mass is 466 g/mol. The van der Waals surface area contributed by atoms with E-state index in [2.05, 4.69) is 79.7 Å². The van der Waals surface area contributed by atoms with Crippen LogP contribution in [0.25, 0.3) is 44.5 Å². The minimum Gasteiger partial charge on any atom is -0.496 e. The molecule has 0 N–H and O–H groups in total. The van der Waals surface area contributed by atoms with Crippen LogP contribution in [0.3, 0.4) is 0 Å². The van der Waals surface area contributed by atoms with Crippen molar-refractivity contribution in [1.29, 1.82) is 0 Å². The summed E-state index contributed by atoms with van der Waals surface area (Å²) < 4.78 is 11.5. The Morgan fingerprint density at radius 3 is 1.42 bits per heavy atom. The second-order valence-corrected chi connectivity index (χ2v) is 8.90. The van der Waals surface area contributed by atoms with E-state index in [-0.39, 0.29) is 0 Å². The first-order valence-electron chi connectivity index (χ1n) is 12.0. The molecule has 5 aromatic rings. The Morgan fingerprint density at radius 1 is 0.444 bits per heavy atom. The first kappa shape index (κ1) is 23.5. The molecule has 0 atom stereocenters. The van der Waals surface area contributed by atoms with Crippen LogP contribution in [0.4, 0.5) is 0 Å². The van der Waals surface area contributed by atoms with Gasteiger partial charge in [-0.25, -0.2) is 0 Å². The summed E-state index contributed by atoms with van der Waals surface area (Å²) in [6, 6.07) is 37.7. The lowest BCUT2D eigenvalue weighted by atomic mass is 9.92. The number of aryl methyl sites for hydroxylation is 1. The van der Waals surface area contributed by atoms with Gasteiger partial charge in [-0.15, -0.1) is 0 Å². The predicted molar refractivity (Wildman–Crippen MR) is 151 cm³/mol. The van der Waals surface area contributed by atoms with Gasteiger partial charge in [0.15, 0.2) is 0 Å². The minimum absolute atomic E-state index is 0.763. The van der Waals surface area contributed by atoms with Crippen LogP contribution in [-0.4, -0.2) is 22.1 Å². The molecule has 2 radical (unpaired) electrons. The summed E-state index contributed by atoms with van der Waals surface area (Å²) in [4.78, 5) is 0. The molecular formula is C33H27BO2. The molecule has 5 rings (SSSR count). The number of hydrogen-bond acceptors (Lipinski definition) is 2. The molecule has 0 spiro atoms. The van der Waals surface area contributed by atoms with Gasteiger partial charge in [0.05, 0.1) is 14.2 Å². The van der Waals surface area contributed by atoms with Crippen LogP contribution in [0.15, 0.2) is 109 Å². The molecule has 0 aliphatic rings. The molecular weight excluding hydrogens is 439 g/mol. The Hall–Kier alpha value is -4.24. The summed E-state index contributed by atoms with van der Waals surface area (Å²) in [7, 11) is 9.27. The van der Waals surface area contributed by atoms with Crippen LogP contribution in [0.1, 0.15) is 5.56 Å². The number of hydrogen-bond donors (Lipinski definition) is 0. The second-order valence-electron chi connectivity index (χ2n) is 8.90. The lowest BCUT2D eigenvalue weighted by Crippen LogP contribution is -1.99. The van der Waals surface area contributed by atoms with Gasteiger partial charge < -0.3 is 9.47 Å². The Kier molecular flexibility index (Phi) is 6.64. The minimum atomic E-state index is 0.763. The summed E-state index contributed by atoms with van der Waals surface area (Å²) in [6.45, 7) is 2.10. The zero-order valence-corrected chi connectivity index (χ0v) is 20.8. The summed E-state index contributed by atoms with van der Waals surface area (Å²) in [5, 5.41) is 0. The van der Waals surface area contributed by atoms with Crippen molar-refractivity contribution in [3.05, 3.63) is 115 Å². The highest BCUT2D eigenvalue weighted by Crippen LogP contribution is 2.39. The van der Waals surface area contributed by atoms with Gasteiger partial charge in [-0.3, -0.25) is 0 Å². The van der Waals surface area contributed by atoms with Crippen molar-refractivity contribution < 1.29 is 9.47 Å². The first-order valence-corrected chi connectivity index (χ1v) is 12.0. The predicted octanol–water partition coefficient (Wildman–Crippen LogP) is 7.47. The Bertz CT molecular complexity index is 1490. The maximum Gasteiger partial charge on any atom is 0.126 e. The van der Waals surface area contributed by atoms with Gasteiger partial charge in [0.2, 0.25) is 0 Å². The Balaban J connectivity index is 1.56. The van der Waals surface area contributed by atoms with E-state index >= 15 is 0 Å². The van der Waals surface area contributed by atoms with Crippen molar-refractivity contribution in [1.82, 2.24) is 0 Å². The molecule has 0 amide bonds. The third-order valence-electron chi connectivity index (χ3n) is 6.53. The molecule has 0 bridgehead atoms. The summed E-state index contributed by atoms with van der Waals surface area (Å²) in [5.74, 6) is 1.66. The number of rotatable bonds is 6. The quantitative estimate of drug-likeness (QED) is 0.242. The summed E-state index contributed by atoms with van der Waals surface area (Å²) >= 11 is 0. The van der Waals surface area contributed by atoms with E-state index in [1.54, 1.807) is 14.2 Å². The fourth-order valence-corrected chi connectivity index (χ4v) is 4.48. The molecule has 36 heavy (non-hydrogen) atoms. The lowest BCUT2D eigenvalue weighted by molar-refractivity contribution is 0.415. The molecule has 2 nitrogen and oxygen atoms in total. The standard InChI is InChI=1S/C33H27BO2/c1-22-4-6-25(7-5-22)27-14-18-33(36-3)31(20-27)28-15-19-32(35-2)30(21-28)26-10-8-23(9-11-26)24-12-16-29(34)17-13-24/h4-21H,1-3H3. The van der Waals surface area contributed by atoms with Crippen molar-refractivity contribution in [2.45, 2.75) is 6.92 Å². The van der Waals surface area contributed by atoms with Crippen LogP contribution in [0.2, 0.25) is 0 Å². The average Bonchev–Trinajstić information content (AvgIpc) is 2.93. The smallest absolute Gasteiger partial charge is 0.126 e. The molecule has 3 heteroatoms. The summed E-state index contributed by atoms with van der Waals surface area (Å²) in [6.07, 6.45) is 0. The molecule has 0 saturated heterocycles. The first-order chi connectivity index (χ1) is 17.6. The number of benzene rings is 5. The van der Waals surface area contributed by atoms with Gasteiger partial charge in [-0.2, -0.15) is 0 Å². The van der Waals surface area contributed by atoms with Crippen molar-refractivity contribution >= 4 is 13.3 Å². The highest BCUT2D eigenvalue weighted by molar-refractivity contribution is 6.32. The van der Waals surface area contributed by atoms with E-state index < -0.39 is 0 Å². The SMILES string of the molecule is [B]c1ccc(-c2ccc(-c3cc(-c4cc(-c5ccc(C)cc5)ccc4OC)ccc3OC)cc2)cc1. The highest BCUT2D eigenvalue weighted by atomic mass is 16.5. The van der Waals surface area contributed by atoms with Gasteiger partial charge in [-0.05, 0) is 64.6 Å². The normalized spacial score (nSPS) is 10.8. The van der Waals surface area contributed by atoms with E-state index in [9.17, 15) is 0 Å². The molecule has 0 fully saturated rings. The van der Waals surface area contributed by atoms with Crippen molar-refractivity contribution in [3.8, 4) is 56.0 Å². The Labute approximate surface area is 214 Å². The van der Waals surface area contributed by atoms with Crippen molar-refractivity contribution in [3.63, 3.8) is 0 Å². The number of ether oxygens (including phenoxy) is 2. The van der Waals surface area contributed by atoms with Crippen LogP contribution in [0.5, 0.6) is 11.5 Å². The van der Waals surface area contributed by atoms with Gasteiger partial charge in [-0.1, -0.05) is 96.0 Å². The average molecular weight is 466 g/mol. The van der Waals surface area contributed by atoms with Gasteiger partial charge in [0, 0.05) is 11.1 Å². The van der Waals surface area contributed by atoms with Crippen LogP contribution >= 0.6 is 0 Å². The molecule has 5 aromatic carbocycles. The molecule has 0 saturated carbocycles. The van der Waals surface area contributed by atoms with Gasteiger partial charge in [0.25, 0.3) is 0 Å². The molecule has 0 unspecified atom stereocenters. The molecule has 0 heterocycles. The molecule has 0 aromatic heterocycles. The zero-order chi connectivity index (χ0) is 25.1. The van der Waals surface area contributed by atoms with E-state index in [1.807, 2.05) is 36.4 Å². The largest absolute Gasteiger partial charge is 0.496 e. The maximum atomic E-state index is 5.85. The summed E-state index contributed by atoms with van der Waals surface area (Å²) in [5.41, 5.74) is 10.8. The fraction of sp³-hybridized carbons (Fsp3) is 0.0909. The topological polar surface area (TPSA) is 18.5 Å². The van der Waals surface area contributed by atoms with E-state index in [1.165, 1.54) is 11.1 Å². The third kappa shape index (κ3) is 4.78. The zero-order valence-electron chi connectivity index (χ0n) is 20.8.